The lowest BCUT2D eigenvalue weighted by molar-refractivity contribution is -0.192. The van der Waals surface area contributed by atoms with Crippen LogP contribution in [0.25, 0.3) is 0 Å². The highest BCUT2D eigenvalue weighted by atomic mass is 35.5. The molecular weight excluding hydrogens is 449 g/mol. The van der Waals surface area contributed by atoms with Crippen molar-refractivity contribution in [3.05, 3.63) is 58.1 Å². The Morgan fingerprint density at radius 1 is 1.25 bits per heavy atom. The van der Waals surface area contributed by atoms with Crippen LogP contribution in [0.3, 0.4) is 0 Å². The maximum absolute atomic E-state index is 10.6. The topological polar surface area (TPSA) is 91.6 Å². The van der Waals surface area contributed by atoms with E-state index in [1.54, 1.807) is 18.2 Å². The minimum absolute atomic E-state index is 0.470. The normalized spacial score (nSPS) is 20.1. The van der Waals surface area contributed by atoms with E-state index in [0.717, 1.165) is 43.0 Å². The van der Waals surface area contributed by atoms with Crippen LogP contribution in [-0.4, -0.2) is 30.3 Å². The average Bonchev–Trinajstić information content (AvgIpc) is 3.11. The van der Waals surface area contributed by atoms with Gasteiger partial charge >= 0.3 is 12.1 Å². The summed E-state index contributed by atoms with van der Waals surface area (Å²) >= 11 is 6.39. The Bertz CT molecular complexity index is 1050. The molecule has 0 amide bonds. The van der Waals surface area contributed by atoms with Crippen LogP contribution in [0.15, 0.2) is 36.4 Å². The Labute approximate surface area is 187 Å². The average molecular weight is 469 g/mol. The number of ether oxygens (including phenoxy) is 2. The molecule has 6 nitrogen and oxygen atoms in total. The van der Waals surface area contributed by atoms with Gasteiger partial charge in [0.2, 0.25) is 0 Å². The minimum Gasteiger partial charge on any atom is -0.475 e. The first-order valence-electron chi connectivity index (χ1n) is 9.77. The highest BCUT2D eigenvalue weighted by Gasteiger charge is 2.42. The summed E-state index contributed by atoms with van der Waals surface area (Å²) in [6, 6.07) is 13.4. The van der Waals surface area contributed by atoms with Gasteiger partial charge in [-0.3, -0.25) is 0 Å². The zero-order valence-electron chi connectivity index (χ0n) is 17.0. The molecule has 1 fully saturated rings. The van der Waals surface area contributed by atoms with E-state index in [9.17, 15) is 13.2 Å². The molecule has 0 aliphatic carbocycles. The van der Waals surface area contributed by atoms with Crippen LogP contribution < -0.4 is 14.8 Å². The van der Waals surface area contributed by atoms with Gasteiger partial charge in [-0.2, -0.15) is 18.4 Å². The molecule has 1 unspecified atom stereocenters. The molecular formula is C22H20ClF3N2O4. The lowest BCUT2D eigenvalue weighted by Crippen LogP contribution is -2.32. The van der Waals surface area contributed by atoms with E-state index >= 15 is 0 Å². The van der Waals surface area contributed by atoms with Crippen molar-refractivity contribution in [2.45, 2.75) is 37.6 Å². The van der Waals surface area contributed by atoms with Crippen molar-refractivity contribution < 1.29 is 32.5 Å². The summed E-state index contributed by atoms with van der Waals surface area (Å²) in [5.74, 6) is -1.71. The van der Waals surface area contributed by atoms with Gasteiger partial charge in [-0.25, -0.2) is 4.79 Å². The molecule has 0 aromatic heterocycles. The number of alkyl halides is 3. The molecule has 4 rings (SSSR count). The Morgan fingerprint density at radius 2 is 1.91 bits per heavy atom. The number of nitrogens with one attached hydrogen (secondary N) is 1. The van der Waals surface area contributed by atoms with E-state index in [1.165, 1.54) is 5.56 Å². The molecule has 32 heavy (non-hydrogen) atoms. The van der Waals surface area contributed by atoms with Gasteiger partial charge in [-0.15, -0.1) is 0 Å². The highest BCUT2D eigenvalue weighted by Crippen LogP contribution is 2.50. The van der Waals surface area contributed by atoms with Crippen LogP contribution in [0.1, 0.15) is 42.4 Å². The van der Waals surface area contributed by atoms with Gasteiger partial charge in [0, 0.05) is 12.5 Å². The second-order valence-electron chi connectivity index (χ2n) is 7.46. The molecule has 2 heterocycles. The second-order valence-corrected chi connectivity index (χ2v) is 7.87. The zero-order chi connectivity index (χ0) is 23.5. The van der Waals surface area contributed by atoms with E-state index in [1.807, 2.05) is 19.1 Å². The van der Waals surface area contributed by atoms with Gasteiger partial charge in [-0.1, -0.05) is 23.7 Å². The van der Waals surface area contributed by atoms with E-state index < -0.39 is 17.9 Å². The van der Waals surface area contributed by atoms with Crippen LogP contribution in [-0.2, 0) is 10.6 Å². The molecule has 0 saturated carbocycles. The SMILES string of the molecule is CC1(c2ccc(C#N)cc2Cl)Oc2cccc(C3CCNCC3)c2O1.O=C(O)C(F)(F)F. The Balaban J connectivity index is 0.000000360. The molecule has 0 bridgehead atoms. The molecule has 10 heteroatoms. The largest absolute Gasteiger partial charge is 0.490 e. The third kappa shape index (κ3) is 5.09. The van der Waals surface area contributed by atoms with Crippen LogP contribution in [0.5, 0.6) is 11.5 Å². The van der Waals surface area contributed by atoms with Crippen LogP contribution in [0, 0.1) is 11.3 Å². The molecule has 2 aliphatic heterocycles. The predicted molar refractivity (Wildman–Crippen MR) is 110 cm³/mol. The number of piperidine rings is 1. The number of carbonyl (C=O) groups is 1. The summed E-state index contributed by atoms with van der Waals surface area (Å²) in [5.41, 5.74) is 2.44. The number of carboxylic acid groups (broad SMARTS) is 1. The van der Waals surface area contributed by atoms with Crippen molar-refractivity contribution in [1.82, 2.24) is 5.32 Å². The summed E-state index contributed by atoms with van der Waals surface area (Å²) < 4.78 is 44.2. The molecule has 2 aromatic carbocycles. The molecule has 2 aliphatic rings. The van der Waals surface area contributed by atoms with Crippen molar-refractivity contribution in [1.29, 1.82) is 5.26 Å². The first kappa shape index (κ1) is 23.7. The second kappa shape index (κ2) is 9.27. The standard InChI is InChI=1S/C20H19ClN2O2.C2HF3O2/c1-20(16-6-5-13(12-22)11-17(16)21)24-18-4-2-3-15(19(18)25-20)14-7-9-23-10-8-14;3-2(4,5)1(6)7/h2-6,11,14,23H,7-10H2,1H3;(H,6,7). The van der Waals surface area contributed by atoms with Crippen molar-refractivity contribution in [2.75, 3.05) is 13.1 Å². The number of halogens is 4. The maximum atomic E-state index is 10.6. The smallest absolute Gasteiger partial charge is 0.475 e. The van der Waals surface area contributed by atoms with E-state index in [2.05, 4.69) is 17.5 Å². The molecule has 2 N–H and O–H groups in total. The third-order valence-corrected chi connectivity index (χ3v) is 5.53. The lowest BCUT2D eigenvalue weighted by Gasteiger charge is -2.26. The number of nitrogens with zero attached hydrogens (tertiary/aromatic N) is 1. The van der Waals surface area contributed by atoms with Gasteiger partial charge in [0.25, 0.3) is 5.79 Å². The fourth-order valence-corrected chi connectivity index (χ4v) is 4.02. The van der Waals surface area contributed by atoms with Crippen LogP contribution in [0.2, 0.25) is 5.02 Å². The fourth-order valence-electron chi connectivity index (χ4n) is 3.67. The quantitative estimate of drug-likeness (QED) is 0.647. The molecule has 0 radical (unpaired) electrons. The predicted octanol–water partition coefficient (Wildman–Crippen LogP) is 4.96. The van der Waals surface area contributed by atoms with Crippen molar-refractivity contribution in [3.63, 3.8) is 0 Å². The van der Waals surface area contributed by atoms with Crippen molar-refractivity contribution in [3.8, 4) is 17.6 Å². The summed E-state index contributed by atoms with van der Waals surface area (Å²) in [6.45, 7) is 3.91. The van der Waals surface area contributed by atoms with Gasteiger partial charge in [-0.05, 0) is 56.1 Å². The van der Waals surface area contributed by atoms with Gasteiger partial charge < -0.3 is 19.9 Å². The monoisotopic (exact) mass is 468 g/mol. The van der Waals surface area contributed by atoms with Crippen molar-refractivity contribution in [2.24, 2.45) is 0 Å². The molecule has 1 atom stereocenters. The molecule has 170 valence electrons. The first-order chi connectivity index (χ1) is 15.0. The van der Waals surface area contributed by atoms with E-state index in [-0.39, 0.29) is 0 Å². The number of benzene rings is 2. The molecule has 2 aromatic rings. The minimum atomic E-state index is -5.08. The maximum Gasteiger partial charge on any atom is 0.490 e. The lowest BCUT2D eigenvalue weighted by atomic mass is 9.89. The van der Waals surface area contributed by atoms with Crippen LogP contribution in [0.4, 0.5) is 13.2 Å². The zero-order valence-corrected chi connectivity index (χ0v) is 17.8. The Kier molecular flexibility index (Phi) is 6.86. The number of nitriles is 1. The molecule has 0 spiro atoms. The van der Waals surface area contributed by atoms with E-state index in [0.29, 0.717) is 16.5 Å². The Morgan fingerprint density at radius 3 is 2.47 bits per heavy atom. The third-order valence-electron chi connectivity index (χ3n) is 5.22. The number of hydrogen-bond donors (Lipinski definition) is 2. The fraction of sp³-hybridized carbons (Fsp3) is 0.364. The number of para-hydroxylation sites is 1. The summed E-state index contributed by atoms with van der Waals surface area (Å²) in [5, 5.41) is 20.0. The number of fused-ring (bicyclic) bond motifs is 1. The number of hydrogen-bond acceptors (Lipinski definition) is 5. The number of aliphatic carboxylic acids is 1. The first-order valence-corrected chi connectivity index (χ1v) is 10.1. The van der Waals surface area contributed by atoms with E-state index in [4.69, 9.17) is 36.2 Å². The van der Waals surface area contributed by atoms with Crippen molar-refractivity contribution >= 4 is 17.6 Å². The summed E-state index contributed by atoms with van der Waals surface area (Å²) in [4.78, 5) is 8.90. The number of carboxylic acids is 1. The van der Waals surface area contributed by atoms with Gasteiger partial charge in [0.15, 0.2) is 11.5 Å². The number of rotatable bonds is 2. The summed E-state index contributed by atoms with van der Waals surface area (Å²) in [7, 11) is 0. The molecule has 1 saturated heterocycles. The Hall–Kier alpha value is -2.96. The van der Waals surface area contributed by atoms with Gasteiger partial charge in [0.1, 0.15) is 0 Å². The van der Waals surface area contributed by atoms with Gasteiger partial charge in [0.05, 0.1) is 22.2 Å². The van der Waals surface area contributed by atoms with Crippen LogP contribution >= 0.6 is 11.6 Å². The summed E-state index contributed by atoms with van der Waals surface area (Å²) in [6.07, 6.45) is -2.90. The highest BCUT2D eigenvalue weighted by molar-refractivity contribution is 6.31.